The van der Waals surface area contributed by atoms with Gasteiger partial charge in [0.1, 0.15) is 5.78 Å². The lowest BCUT2D eigenvalue weighted by Crippen LogP contribution is -2.14. The highest BCUT2D eigenvalue weighted by Crippen LogP contribution is 2.23. The number of benzene rings is 1. The molecular formula is C12H16O. The number of hydrogen-bond acceptors (Lipinski definition) is 1. The molecule has 0 saturated heterocycles. The topological polar surface area (TPSA) is 17.1 Å². The van der Waals surface area contributed by atoms with Gasteiger partial charge in [-0.05, 0) is 18.4 Å². The number of carbonyl (C=O) groups is 1. The average molecular weight is 176 g/mol. The second-order valence-corrected chi connectivity index (χ2v) is 3.60. The molecule has 0 radical (unpaired) electrons. The fraction of sp³-hybridized carbons (Fsp3) is 0.417. The summed E-state index contributed by atoms with van der Waals surface area (Å²) in [5.41, 5.74) is 1.24. The maximum atomic E-state index is 11.2. The first-order valence-electron chi connectivity index (χ1n) is 4.68. The molecule has 0 aliphatic carbocycles. The van der Waals surface area contributed by atoms with Gasteiger partial charge < -0.3 is 0 Å². The highest BCUT2D eigenvalue weighted by atomic mass is 16.1. The van der Waals surface area contributed by atoms with Crippen LogP contribution in [-0.4, -0.2) is 5.78 Å². The monoisotopic (exact) mass is 176 g/mol. The Morgan fingerprint density at radius 2 is 1.69 bits per heavy atom. The van der Waals surface area contributed by atoms with Crippen molar-refractivity contribution in [1.29, 1.82) is 0 Å². The summed E-state index contributed by atoms with van der Waals surface area (Å²) >= 11 is 0. The Morgan fingerprint density at radius 1 is 1.15 bits per heavy atom. The summed E-state index contributed by atoms with van der Waals surface area (Å²) in [5, 5.41) is 0. The Bertz CT molecular complexity index is 276. The number of Topliss-reactive ketones (excluding diaryl/α,β-unsaturated/α-hetero) is 1. The van der Waals surface area contributed by atoms with Gasteiger partial charge in [0.05, 0.1) is 0 Å². The van der Waals surface area contributed by atoms with E-state index >= 15 is 0 Å². The zero-order chi connectivity index (χ0) is 9.84. The van der Waals surface area contributed by atoms with Gasteiger partial charge in [-0.3, -0.25) is 4.79 Å². The van der Waals surface area contributed by atoms with Crippen LogP contribution >= 0.6 is 0 Å². The van der Waals surface area contributed by atoms with Gasteiger partial charge >= 0.3 is 0 Å². The smallest absolute Gasteiger partial charge is 0.133 e. The van der Waals surface area contributed by atoms with Crippen molar-refractivity contribution < 1.29 is 4.79 Å². The van der Waals surface area contributed by atoms with E-state index in [1.807, 2.05) is 25.1 Å². The minimum atomic E-state index is 0.113. The molecule has 0 aromatic heterocycles. The van der Waals surface area contributed by atoms with Crippen molar-refractivity contribution in [2.24, 2.45) is 5.92 Å². The van der Waals surface area contributed by atoms with Crippen molar-refractivity contribution >= 4 is 5.78 Å². The second-order valence-electron chi connectivity index (χ2n) is 3.60. The third-order valence-corrected chi connectivity index (χ3v) is 2.72. The highest BCUT2D eigenvalue weighted by molar-refractivity contribution is 5.78. The van der Waals surface area contributed by atoms with Gasteiger partial charge in [-0.15, -0.1) is 0 Å². The molecule has 1 rings (SSSR count). The summed E-state index contributed by atoms with van der Waals surface area (Å²) in [6.45, 7) is 5.74. The van der Waals surface area contributed by atoms with Crippen LogP contribution in [0.5, 0.6) is 0 Å². The van der Waals surface area contributed by atoms with Crippen LogP contribution in [-0.2, 0) is 4.79 Å². The summed E-state index contributed by atoms with van der Waals surface area (Å²) in [4.78, 5) is 11.2. The van der Waals surface area contributed by atoms with E-state index in [0.29, 0.717) is 5.92 Å². The van der Waals surface area contributed by atoms with Crippen molar-refractivity contribution in [1.82, 2.24) is 0 Å². The first-order chi connectivity index (χ1) is 6.13. The normalized spacial score (nSPS) is 15.0. The molecule has 0 saturated carbocycles. The molecule has 1 nitrogen and oxygen atoms in total. The molecule has 0 heterocycles. The predicted octanol–water partition coefficient (Wildman–Crippen LogP) is 3.02. The molecule has 13 heavy (non-hydrogen) atoms. The largest absolute Gasteiger partial charge is 0.300 e. The van der Waals surface area contributed by atoms with Crippen molar-refractivity contribution in [2.45, 2.75) is 26.7 Å². The fourth-order valence-electron chi connectivity index (χ4n) is 1.40. The summed E-state index contributed by atoms with van der Waals surface area (Å²) in [5.74, 6) is 0.692. The molecule has 0 bridgehead atoms. The number of carbonyl (C=O) groups excluding carboxylic acids is 1. The molecule has 0 aliphatic heterocycles. The third-order valence-electron chi connectivity index (χ3n) is 2.72. The Balaban J connectivity index is 2.79. The second kappa shape index (κ2) is 4.22. The van der Waals surface area contributed by atoms with Gasteiger partial charge in [-0.1, -0.05) is 44.2 Å². The van der Waals surface area contributed by atoms with Crippen LogP contribution in [0.3, 0.4) is 0 Å². The van der Waals surface area contributed by atoms with E-state index in [-0.39, 0.29) is 11.7 Å². The molecule has 1 aromatic carbocycles. The fourth-order valence-corrected chi connectivity index (χ4v) is 1.40. The van der Waals surface area contributed by atoms with Crippen LogP contribution in [0.2, 0.25) is 0 Å². The predicted molar refractivity (Wildman–Crippen MR) is 54.7 cm³/mol. The van der Waals surface area contributed by atoms with E-state index in [0.717, 1.165) is 0 Å². The van der Waals surface area contributed by atoms with Crippen molar-refractivity contribution in [3.8, 4) is 0 Å². The van der Waals surface area contributed by atoms with E-state index in [2.05, 4.69) is 19.1 Å². The van der Waals surface area contributed by atoms with Gasteiger partial charge in [0.2, 0.25) is 0 Å². The van der Waals surface area contributed by atoms with Crippen LogP contribution in [0, 0.1) is 5.92 Å². The zero-order valence-corrected chi connectivity index (χ0v) is 8.45. The van der Waals surface area contributed by atoms with E-state index < -0.39 is 0 Å². The minimum Gasteiger partial charge on any atom is -0.300 e. The molecule has 0 N–H and O–H groups in total. The molecular weight excluding hydrogens is 160 g/mol. The Kier molecular flexibility index (Phi) is 3.24. The van der Waals surface area contributed by atoms with E-state index in [1.54, 1.807) is 6.92 Å². The van der Waals surface area contributed by atoms with E-state index in [1.165, 1.54) is 5.56 Å². The quantitative estimate of drug-likeness (QED) is 0.692. The van der Waals surface area contributed by atoms with Crippen LogP contribution in [0.4, 0.5) is 0 Å². The molecule has 1 aromatic rings. The highest BCUT2D eigenvalue weighted by Gasteiger charge is 2.17. The van der Waals surface area contributed by atoms with Crippen molar-refractivity contribution in [3.05, 3.63) is 35.9 Å². The van der Waals surface area contributed by atoms with Gasteiger partial charge in [0, 0.05) is 5.92 Å². The molecule has 0 amide bonds. The van der Waals surface area contributed by atoms with Crippen LogP contribution in [0.1, 0.15) is 32.3 Å². The average Bonchev–Trinajstić information content (AvgIpc) is 2.17. The van der Waals surface area contributed by atoms with Gasteiger partial charge in [-0.2, -0.15) is 0 Å². The number of ketones is 1. The standard InChI is InChI=1S/C12H16O/c1-9(11(3)13)10(2)12-7-5-4-6-8-12/h4-10H,1-3H3/t9-,10+/m1/s1. The lowest BCUT2D eigenvalue weighted by molar-refractivity contribution is -0.120. The minimum absolute atomic E-state index is 0.113. The lowest BCUT2D eigenvalue weighted by Gasteiger charge is -2.17. The SMILES string of the molecule is CC(=O)[C@H](C)[C@H](C)c1ccccc1. The molecule has 0 fully saturated rings. The molecule has 0 spiro atoms. The molecule has 70 valence electrons. The van der Waals surface area contributed by atoms with E-state index in [4.69, 9.17) is 0 Å². The summed E-state index contributed by atoms with van der Waals surface area (Å²) in [6.07, 6.45) is 0. The molecule has 2 atom stereocenters. The summed E-state index contributed by atoms with van der Waals surface area (Å²) in [6, 6.07) is 10.2. The first-order valence-corrected chi connectivity index (χ1v) is 4.68. The lowest BCUT2D eigenvalue weighted by atomic mass is 9.87. The van der Waals surface area contributed by atoms with Gasteiger partial charge in [0.15, 0.2) is 0 Å². The third kappa shape index (κ3) is 2.41. The molecule has 1 heteroatoms. The molecule has 0 unspecified atom stereocenters. The Morgan fingerprint density at radius 3 is 2.15 bits per heavy atom. The van der Waals surface area contributed by atoms with Gasteiger partial charge in [0.25, 0.3) is 0 Å². The Hall–Kier alpha value is -1.11. The van der Waals surface area contributed by atoms with Crippen LogP contribution < -0.4 is 0 Å². The summed E-state index contributed by atoms with van der Waals surface area (Å²) in [7, 11) is 0. The maximum Gasteiger partial charge on any atom is 0.133 e. The van der Waals surface area contributed by atoms with Gasteiger partial charge in [-0.25, -0.2) is 0 Å². The Labute approximate surface area is 79.8 Å². The van der Waals surface area contributed by atoms with Crippen LogP contribution in [0.25, 0.3) is 0 Å². The van der Waals surface area contributed by atoms with Crippen LogP contribution in [0.15, 0.2) is 30.3 Å². The number of rotatable bonds is 3. The molecule has 0 aliphatic rings. The van der Waals surface area contributed by atoms with Crippen molar-refractivity contribution in [3.63, 3.8) is 0 Å². The maximum absolute atomic E-state index is 11.2. The first kappa shape index (κ1) is 9.97. The van der Waals surface area contributed by atoms with Crippen molar-refractivity contribution in [2.75, 3.05) is 0 Å². The summed E-state index contributed by atoms with van der Waals surface area (Å²) < 4.78 is 0. The number of hydrogen-bond donors (Lipinski definition) is 0. The van der Waals surface area contributed by atoms with E-state index in [9.17, 15) is 4.79 Å². The zero-order valence-electron chi connectivity index (χ0n) is 8.45.